The summed E-state index contributed by atoms with van der Waals surface area (Å²) in [5.74, 6) is -0.464. The van der Waals surface area contributed by atoms with Crippen LogP contribution in [0.5, 0.6) is 0 Å². The van der Waals surface area contributed by atoms with E-state index in [9.17, 15) is 9.59 Å². The number of piperidine rings is 1. The Bertz CT molecular complexity index is 381. The van der Waals surface area contributed by atoms with Gasteiger partial charge in [0.1, 0.15) is 6.10 Å². The molecule has 6 nitrogen and oxygen atoms in total. The number of likely N-dealkylation sites (tertiary alicyclic amines) is 1. The van der Waals surface area contributed by atoms with Gasteiger partial charge >= 0.3 is 5.97 Å². The minimum absolute atomic E-state index is 0.0121. The van der Waals surface area contributed by atoms with Gasteiger partial charge in [0.2, 0.25) is 0 Å². The number of nitrogens with zero attached hydrogens (tertiary/aromatic N) is 1. The van der Waals surface area contributed by atoms with Crippen LogP contribution < -0.4 is 0 Å². The quantitative estimate of drug-likeness (QED) is 0.774. The van der Waals surface area contributed by atoms with Gasteiger partial charge in [0.25, 0.3) is 5.91 Å². The minimum Gasteiger partial charge on any atom is -0.481 e. The third kappa shape index (κ3) is 5.25. The number of carboxylic acids is 1. The van der Waals surface area contributed by atoms with Crippen LogP contribution in [-0.4, -0.2) is 60.4 Å². The lowest BCUT2D eigenvalue weighted by atomic mass is 9.93. The summed E-state index contributed by atoms with van der Waals surface area (Å²) >= 11 is 0. The fraction of sp³-hybridized carbons (Fsp3) is 0.875. The first-order chi connectivity index (χ1) is 10.6. The fourth-order valence-electron chi connectivity index (χ4n) is 3.18. The van der Waals surface area contributed by atoms with E-state index in [1.807, 2.05) is 4.90 Å². The lowest BCUT2D eigenvalue weighted by Gasteiger charge is -2.34. The normalized spacial score (nSPS) is 26.9. The molecule has 2 heterocycles. The van der Waals surface area contributed by atoms with Crippen molar-refractivity contribution in [3.05, 3.63) is 0 Å². The molecule has 3 unspecified atom stereocenters. The van der Waals surface area contributed by atoms with Crippen molar-refractivity contribution in [2.45, 2.75) is 57.7 Å². The molecule has 2 aliphatic rings. The van der Waals surface area contributed by atoms with Crippen LogP contribution in [0.1, 0.15) is 45.4 Å². The third-order valence-corrected chi connectivity index (χ3v) is 4.50. The molecule has 2 rings (SSSR count). The fourth-order valence-corrected chi connectivity index (χ4v) is 3.18. The molecule has 0 saturated carbocycles. The van der Waals surface area contributed by atoms with E-state index in [4.69, 9.17) is 14.6 Å². The van der Waals surface area contributed by atoms with Crippen LogP contribution in [0.15, 0.2) is 0 Å². The van der Waals surface area contributed by atoms with Gasteiger partial charge in [-0.1, -0.05) is 0 Å². The summed E-state index contributed by atoms with van der Waals surface area (Å²) in [5, 5.41) is 8.77. The third-order valence-electron chi connectivity index (χ3n) is 4.50. The molecular weight excluding hydrogens is 286 g/mol. The molecule has 2 fully saturated rings. The van der Waals surface area contributed by atoms with Crippen molar-refractivity contribution in [2.24, 2.45) is 5.92 Å². The zero-order valence-corrected chi connectivity index (χ0v) is 13.3. The van der Waals surface area contributed by atoms with Crippen molar-refractivity contribution < 1.29 is 24.2 Å². The minimum atomic E-state index is -0.767. The van der Waals surface area contributed by atoms with Gasteiger partial charge in [-0.15, -0.1) is 0 Å². The van der Waals surface area contributed by atoms with Gasteiger partial charge in [-0.25, -0.2) is 0 Å². The molecule has 3 atom stereocenters. The number of carbonyl (C=O) groups excluding carboxylic acids is 1. The van der Waals surface area contributed by atoms with E-state index in [0.29, 0.717) is 25.5 Å². The number of ether oxygens (including phenoxy) is 2. The molecule has 1 amide bonds. The Balaban J connectivity index is 1.73. The molecule has 2 saturated heterocycles. The maximum atomic E-state index is 12.4. The zero-order valence-electron chi connectivity index (χ0n) is 13.3. The van der Waals surface area contributed by atoms with Crippen molar-refractivity contribution in [3.63, 3.8) is 0 Å². The molecule has 6 heteroatoms. The number of hydrogen-bond acceptors (Lipinski definition) is 4. The molecule has 0 aromatic carbocycles. The first kappa shape index (κ1) is 17.2. The van der Waals surface area contributed by atoms with Crippen molar-refractivity contribution in [3.8, 4) is 0 Å². The Morgan fingerprint density at radius 3 is 2.86 bits per heavy atom. The first-order valence-electron chi connectivity index (χ1n) is 8.30. The SMILES string of the molecule is CC(OCC1CCCO1)C(=O)N1CCCC(CCC(=O)O)C1. The van der Waals surface area contributed by atoms with E-state index < -0.39 is 12.1 Å². The van der Waals surface area contributed by atoms with Crippen LogP contribution in [0, 0.1) is 5.92 Å². The maximum absolute atomic E-state index is 12.4. The first-order valence-corrected chi connectivity index (χ1v) is 8.30. The highest BCUT2D eigenvalue weighted by Gasteiger charge is 2.28. The Labute approximate surface area is 131 Å². The molecule has 2 aliphatic heterocycles. The Kier molecular flexibility index (Phi) is 6.64. The van der Waals surface area contributed by atoms with Crippen LogP contribution in [0.4, 0.5) is 0 Å². The summed E-state index contributed by atoms with van der Waals surface area (Å²) in [6.45, 7) is 4.45. The number of amides is 1. The van der Waals surface area contributed by atoms with E-state index >= 15 is 0 Å². The van der Waals surface area contributed by atoms with Crippen molar-refractivity contribution in [1.82, 2.24) is 4.90 Å². The summed E-state index contributed by atoms with van der Waals surface area (Å²) in [6, 6.07) is 0. The van der Waals surface area contributed by atoms with Crippen LogP contribution in [0.25, 0.3) is 0 Å². The van der Waals surface area contributed by atoms with Gasteiger partial charge < -0.3 is 19.5 Å². The summed E-state index contributed by atoms with van der Waals surface area (Å²) in [5.41, 5.74) is 0. The molecule has 1 N–H and O–H groups in total. The predicted octanol–water partition coefficient (Wildman–Crippen LogP) is 1.67. The summed E-state index contributed by atoms with van der Waals surface area (Å²) in [4.78, 5) is 24.9. The molecule has 0 aromatic rings. The van der Waals surface area contributed by atoms with E-state index in [1.165, 1.54) is 0 Å². The molecule has 0 aromatic heterocycles. The van der Waals surface area contributed by atoms with E-state index in [0.717, 1.165) is 38.8 Å². The Hall–Kier alpha value is -1.14. The molecule has 0 radical (unpaired) electrons. The second-order valence-corrected chi connectivity index (χ2v) is 6.34. The van der Waals surface area contributed by atoms with Gasteiger partial charge in [-0.05, 0) is 44.9 Å². The topological polar surface area (TPSA) is 76.1 Å². The average Bonchev–Trinajstić information content (AvgIpc) is 3.03. The monoisotopic (exact) mass is 313 g/mol. The second-order valence-electron chi connectivity index (χ2n) is 6.34. The Morgan fingerprint density at radius 1 is 1.36 bits per heavy atom. The highest BCUT2D eigenvalue weighted by Crippen LogP contribution is 2.22. The number of aliphatic carboxylic acids is 1. The number of rotatable bonds is 7. The molecular formula is C16H27NO5. The van der Waals surface area contributed by atoms with E-state index in [-0.39, 0.29) is 18.4 Å². The molecule has 126 valence electrons. The van der Waals surface area contributed by atoms with Crippen LogP contribution >= 0.6 is 0 Å². The highest BCUT2D eigenvalue weighted by molar-refractivity contribution is 5.80. The van der Waals surface area contributed by atoms with Crippen LogP contribution in [0.2, 0.25) is 0 Å². The van der Waals surface area contributed by atoms with Crippen LogP contribution in [0.3, 0.4) is 0 Å². The van der Waals surface area contributed by atoms with Crippen molar-refractivity contribution in [1.29, 1.82) is 0 Å². The Morgan fingerprint density at radius 2 is 2.18 bits per heavy atom. The second kappa shape index (κ2) is 8.48. The predicted molar refractivity (Wildman–Crippen MR) is 80.6 cm³/mol. The summed E-state index contributed by atoms with van der Waals surface area (Å²) in [6.07, 6.45) is 4.50. The molecule has 0 bridgehead atoms. The molecule has 0 aliphatic carbocycles. The lowest BCUT2D eigenvalue weighted by molar-refractivity contribution is -0.146. The van der Waals surface area contributed by atoms with Crippen molar-refractivity contribution >= 4 is 11.9 Å². The van der Waals surface area contributed by atoms with Gasteiger partial charge in [-0.3, -0.25) is 9.59 Å². The summed E-state index contributed by atoms with van der Waals surface area (Å²) in [7, 11) is 0. The van der Waals surface area contributed by atoms with Crippen molar-refractivity contribution in [2.75, 3.05) is 26.3 Å². The molecule has 22 heavy (non-hydrogen) atoms. The smallest absolute Gasteiger partial charge is 0.303 e. The zero-order chi connectivity index (χ0) is 15.9. The number of carboxylic acid groups (broad SMARTS) is 1. The van der Waals surface area contributed by atoms with Crippen LogP contribution in [-0.2, 0) is 19.1 Å². The standard InChI is InChI=1S/C16H27NO5/c1-12(22-11-14-5-3-9-21-14)16(20)17-8-2-4-13(10-17)6-7-15(18)19/h12-14H,2-11H2,1H3,(H,18,19). The summed E-state index contributed by atoms with van der Waals surface area (Å²) < 4.78 is 11.2. The molecule has 0 spiro atoms. The number of hydrogen-bond donors (Lipinski definition) is 1. The lowest BCUT2D eigenvalue weighted by Crippen LogP contribution is -2.45. The van der Waals surface area contributed by atoms with Gasteiger partial charge in [-0.2, -0.15) is 0 Å². The number of carbonyl (C=O) groups is 2. The highest BCUT2D eigenvalue weighted by atomic mass is 16.5. The average molecular weight is 313 g/mol. The van der Waals surface area contributed by atoms with Gasteiger partial charge in [0.05, 0.1) is 12.7 Å². The van der Waals surface area contributed by atoms with E-state index in [2.05, 4.69) is 0 Å². The maximum Gasteiger partial charge on any atom is 0.303 e. The largest absolute Gasteiger partial charge is 0.481 e. The van der Waals surface area contributed by atoms with Gasteiger partial charge in [0.15, 0.2) is 0 Å². The van der Waals surface area contributed by atoms with E-state index in [1.54, 1.807) is 6.92 Å². The van der Waals surface area contributed by atoms with Gasteiger partial charge in [0, 0.05) is 26.1 Å².